The van der Waals surface area contributed by atoms with Gasteiger partial charge in [-0.25, -0.2) is 0 Å². The third-order valence-corrected chi connectivity index (χ3v) is 2.50. The van der Waals surface area contributed by atoms with Crippen molar-refractivity contribution >= 4 is 0 Å². The van der Waals surface area contributed by atoms with Crippen LogP contribution in [-0.4, -0.2) is 0 Å². The van der Waals surface area contributed by atoms with E-state index in [0.29, 0.717) is 11.8 Å². The molecule has 0 aromatic rings. The van der Waals surface area contributed by atoms with Crippen LogP contribution in [0.25, 0.3) is 0 Å². The molecular formula is C13H20. The molecule has 0 amide bonds. The second-order valence-corrected chi connectivity index (χ2v) is 4.28. The van der Waals surface area contributed by atoms with E-state index >= 15 is 0 Å². The van der Waals surface area contributed by atoms with Gasteiger partial charge in [-0.05, 0) is 23.8 Å². The molecule has 0 aromatic carbocycles. The van der Waals surface area contributed by atoms with Crippen LogP contribution < -0.4 is 0 Å². The highest BCUT2D eigenvalue weighted by Gasteiger charge is 2.12. The third kappa shape index (κ3) is 2.58. The van der Waals surface area contributed by atoms with Gasteiger partial charge in [-0.1, -0.05) is 57.6 Å². The van der Waals surface area contributed by atoms with Crippen molar-refractivity contribution in [2.24, 2.45) is 11.8 Å². The lowest BCUT2D eigenvalue weighted by Crippen LogP contribution is -2.06. The Bertz CT molecular complexity index is 239. The topological polar surface area (TPSA) is 0 Å². The Balaban J connectivity index is 2.96. The highest BCUT2D eigenvalue weighted by atomic mass is 14.2. The molecule has 0 aromatic heterocycles. The van der Waals surface area contributed by atoms with Crippen molar-refractivity contribution in [3.8, 4) is 0 Å². The molecule has 0 bridgehead atoms. The molecule has 1 aliphatic rings. The fourth-order valence-corrected chi connectivity index (χ4v) is 2.14. The van der Waals surface area contributed by atoms with Gasteiger partial charge in [-0.2, -0.15) is 0 Å². The molecule has 0 spiro atoms. The first-order chi connectivity index (χ1) is 6.13. The van der Waals surface area contributed by atoms with Gasteiger partial charge in [0.15, 0.2) is 0 Å². The molecule has 0 saturated heterocycles. The maximum atomic E-state index is 2.29. The molecule has 0 unspecified atom stereocenters. The van der Waals surface area contributed by atoms with Gasteiger partial charge in [0.25, 0.3) is 0 Å². The molecule has 13 heavy (non-hydrogen) atoms. The van der Waals surface area contributed by atoms with Gasteiger partial charge in [-0.15, -0.1) is 0 Å². The van der Waals surface area contributed by atoms with Crippen LogP contribution >= 0.6 is 0 Å². The predicted molar refractivity (Wildman–Crippen MR) is 59.6 cm³/mol. The fourth-order valence-electron chi connectivity index (χ4n) is 2.14. The van der Waals surface area contributed by atoms with Gasteiger partial charge in [-0.3, -0.25) is 0 Å². The molecule has 1 aliphatic carbocycles. The van der Waals surface area contributed by atoms with Gasteiger partial charge in [0.05, 0.1) is 0 Å². The minimum absolute atomic E-state index is 0.672. The van der Waals surface area contributed by atoms with E-state index in [1.165, 1.54) is 5.57 Å². The van der Waals surface area contributed by atoms with E-state index in [9.17, 15) is 0 Å². The smallest absolute Gasteiger partial charge is 0.00946 e. The molecule has 0 nitrogen and oxygen atoms in total. The Morgan fingerprint density at radius 1 is 1.08 bits per heavy atom. The van der Waals surface area contributed by atoms with Crippen molar-refractivity contribution in [2.45, 2.75) is 34.1 Å². The summed E-state index contributed by atoms with van der Waals surface area (Å²) < 4.78 is 0. The number of hydrogen-bond acceptors (Lipinski definition) is 0. The fraction of sp³-hybridized carbons (Fsp3) is 0.538. The van der Waals surface area contributed by atoms with E-state index in [4.69, 9.17) is 0 Å². The van der Waals surface area contributed by atoms with Crippen molar-refractivity contribution < 1.29 is 0 Å². The minimum Gasteiger partial charge on any atom is -0.0801 e. The Hall–Kier alpha value is -0.780. The summed E-state index contributed by atoms with van der Waals surface area (Å²) in [6.45, 7) is 9.14. The first kappa shape index (κ1) is 10.3. The normalized spacial score (nSPS) is 16.0. The SMILES string of the molecule is CC(C)C(=C1C=CC=CC1)C(C)C. The summed E-state index contributed by atoms with van der Waals surface area (Å²) in [5.74, 6) is 1.34. The van der Waals surface area contributed by atoms with Crippen LogP contribution in [0.3, 0.4) is 0 Å². The Morgan fingerprint density at radius 3 is 2.08 bits per heavy atom. The maximum Gasteiger partial charge on any atom is -0.00946 e. The lowest BCUT2D eigenvalue weighted by molar-refractivity contribution is 0.615. The van der Waals surface area contributed by atoms with Crippen LogP contribution in [-0.2, 0) is 0 Å². The third-order valence-electron chi connectivity index (χ3n) is 2.50. The van der Waals surface area contributed by atoms with Crippen molar-refractivity contribution in [1.29, 1.82) is 0 Å². The Kier molecular flexibility index (Phi) is 3.53. The van der Waals surface area contributed by atoms with E-state index in [0.717, 1.165) is 6.42 Å². The highest BCUT2D eigenvalue weighted by Crippen LogP contribution is 2.27. The lowest BCUT2D eigenvalue weighted by atomic mass is 9.86. The second kappa shape index (κ2) is 4.45. The highest BCUT2D eigenvalue weighted by molar-refractivity contribution is 5.35. The molecular weight excluding hydrogens is 156 g/mol. The van der Waals surface area contributed by atoms with Crippen molar-refractivity contribution in [1.82, 2.24) is 0 Å². The summed E-state index contributed by atoms with van der Waals surface area (Å²) in [6, 6.07) is 0. The Labute approximate surface area is 82.0 Å². The zero-order valence-corrected chi connectivity index (χ0v) is 9.17. The molecule has 0 fully saturated rings. The van der Waals surface area contributed by atoms with Crippen molar-refractivity contribution in [2.75, 3.05) is 0 Å². The molecule has 72 valence electrons. The average Bonchev–Trinajstić information content (AvgIpc) is 2.04. The monoisotopic (exact) mass is 176 g/mol. The minimum atomic E-state index is 0.672. The molecule has 0 saturated carbocycles. The van der Waals surface area contributed by atoms with Crippen molar-refractivity contribution in [3.05, 3.63) is 35.5 Å². The van der Waals surface area contributed by atoms with E-state index in [1.54, 1.807) is 5.57 Å². The van der Waals surface area contributed by atoms with Crippen LogP contribution in [0.2, 0.25) is 0 Å². The van der Waals surface area contributed by atoms with Crippen LogP contribution in [0.15, 0.2) is 35.5 Å². The van der Waals surface area contributed by atoms with Gasteiger partial charge in [0.2, 0.25) is 0 Å². The standard InChI is InChI=1S/C13H20/c1-10(2)13(11(3)4)12-8-6-5-7-9-12/h5-8,10-11H,9H2,1-4H3. The summed E-state index contributed by atoms with van der Waals surface area (Å²) in [5.41, 5.74) is 3.13. The van der Waals surface area contributed by atoms with Crippen LogP contribution in [0.5, 0.6) is 0 Å². The van der Waals surface area contributed by atoms with Gasteiger partial charge < -0.3 is 0 Å². The van der Waals surface area contributed by atoms with E-state index < -0.39 is 0 Å². The molecule has 0 radical (unpaired) electrons. The average molecular weight is 176 g/mol. The summed E-state index contributed by atoms with van der Waals surface area (Å²) >= 11 is 0. The molecule has 0 N–H and O–H groups in total. The van der Waals surface area contributed by atoms with Crippen LogP contribution in [0.1, 0.15) is 34.1 Å². The number of hydrogen-bond donors (Lipinski definition) is 0. The van der Waals surface area contributed by atoms with Crippen LogP contribution in [0, 0.1) is 11.8 Å². The maximum absolute atomic E-state index is 2.29. The predicted octanol–water partition coefficient (Wildman–Crippen LogP) is 4.11. The Morgan fingerprint density at radius 2 is 1.69 bits per heavy atom. The molecule has 0 aliphatic heterocycles. The quantitative estimate of drug-likeness (QED) is 0.594. The van der Waals surface area contributed by atoms with Gasteiger partial charge >= 0.3 is 0 Å². The molecule has 0 atom stereocenters. The number of rotatable bonds is 2. The van der Waals surface area contributed by atoms with Crippen molar-refractivity contribution in [3.63, 3.8) is 0 Å². The summed E-state index contributed by atoms with van der Waals surface area (Å²) in [7, 11) is 0. The first-order valence-corrected chi connectivity index (χ1v) is 5.19. The van der Waals surface area contributed by atoms with E-state index in [1.807, 2.05) is 0 Å². The van der Waals surface area contributed by atoms with E-state index in [-0.39, 0.29) is 0 Å². The summed E-state index contributed by atoms with van der Waals surface area (Å²) in [5, 5.41) is 0. The lowest BCUT2D eigenvalue weighted by Gasteiger charge is -2.20. The zero-order chi connectivity index (χ0) is 9.84. The summed E-state index contributed by atoms with van der Waals surface area (Å²) in [6.07, 6.45) is 9.88. The summed E-state index contributed by atoms with van der Waals surface area (Å²) in [4.78, 5) is 0. The van der Waals surface area contributed by atoms with Crippen LogP contribution in [0.4, 0.5) is 0 Å². The van der Waals surface area contributed by atoms with E-state index in [2.05, 4.69) is 52.0 Å². The largest absolute Gasteiger partial charge is 0.0801 e. The van der Waals surface area contributed by atoms with Gasteiger partial charge in [0.1, 0.15) is 0 Å². The molecule has 0 heteroatoms. The zero-order valence-electron chi connectivity index (χ0n) is 9.17. The molecule has 0 heterocycles. The van der Waals surface area contributed by atoms with Gasteiger partial charge in [0, 0.05) is 0 Å². The first-order valence-electron chi connectivity index (χ1n) is 5.19. The number of allylic oxidation sites excluding steroid dienone is 6. The molecule has 1 rings (SSSR count). The second-order valence-electron chi connectivity index (χ2n) is 4.28.